The van der Waals surface area contributed by atoms with Crippen LogP contribution in [0.2, 0.25) is 0 Å². The van der Waals surface area contributed by atoms with Crippen LogP contribution in [0.3, 0.4) is 0 Å². The van der Waals surface area contributed by atoms with Crippen molar-refractivity contribution in [3.05, 3.63) is 47.5 Å². The molecule has 1 heteroatoms. The molecule has 0 fully saturated rings. The van der Waals surface area contributed by atoms with Crippen LogP contribution in [0, 0.1) is 17.4 Å². The average molecular weight is 156 g/mol. The summed E-state index contributed by atoms with van der Waals surface area (Å²) in [6.45, 7) is 5.56. The molecule has 0 heterocycles. The van der Waals surface area contributed by atoms with Crippen LogP contribution in [0.5, 0.6) is 0 Å². The molecular formula is C11H10N. The number of hydrogen-bond acceptors (Lipinski definition) is 1. The standard InChI is InChI=1S/C11H10N/c1-3-9-5-6-10(4-2)11(7-9)8-12/h5-7H,1,4H2,2H3. The largest absolute Gasteiger partial charge is 0.192 e. The van der Waals surface area contributed by atoms with Crippen molar-refractivity contribution in [3.63, 3.8) is 0 Å². The van der Waals surface area contributed by atoms with Crippen molar-refractivity contribution in [2.45, 2.75) is 13.3 Å². The monoisotopic (exact) mass is 156 g/mol. The fraction of sp³-hybridized carbons (Fsp3) is 0.182. The van der Waals surface area contributed by atoms with Gasteiger partial charge in [0.1, 0.15) is 0 Å². The van der Waals surface area contributed by atoms with Gasteiger partial charge in [-0.05, 0) is 29.7 Å². The number of rotatable bonds is 2. The van der Waals surface area contributed by atoms with Gasteiger partial charge in [0.25, 0.3) is 0 Å². The first-order valence-corrected chi connectivity index (χ1v) is 3.88. The van der Waals surface area contributed by atoms with Crippen molar-refractivity contribution in [2.24, 2.45) is 0 Å². The highest BCUT2D eigenvalue weighted by molar-refractivity contribution is 5.42. The molecule has 0 aliphatic rings. The van der Waals surface area contributed by atoms with Crippen LogP contribution in [0.1, 0.15) is 23.6 Å². The summed E-state index contributed by atoms with van der Waals surface area (Å²) >= 11 is 0. The normalized spacial score (nSPS) is 9.00. The van der Waals surface area contributed by atoms with Crippen molar-refractivity contribution in [1.82, 2.24) is 0 Å². The second kappa shape index (κ2) is 3.73. The number of nitrogens with zero attached hydrogens (tertiary/aromatic N) is 1. The maximum Gasteiger partial charge on any atom is 0.0994 e. The van der Waals surface area contributed by atoms with E-state index in [0.717, 1.165) is 23.1 Å². The molecule has 0 saturated carbocycles. The van der Waals surface area contributed by atoms with Crippen LogP contribution >= 0.6 is 0 Å². The molecule has 0 aliphatic heterocycles. The Hall–Kier alpha value is -1.55. The Morgan fingerprint density at radius 3 is 2.75 bits per heavy atom. The lowest BCUT2D eigenvalue weighted by Gasteiger charge is -2.00. The van der Waals surface area contributed by atoms with Gasteiger partial charge in [-0.25, -0.2) is 0 Å². The molecule has 1 rings (SSSR count). The molecule has 0 amide bonds. The topological polar surface area (TPSA) is 23.8 Å². The molecule has 1 nitrogen and oxygen atoms in total. The first-order valence-electron chi connectivity index (χ1n) is 3.88. The number of hydrogen-bond donors (Lipinski definition) is 0. The molecule has 0 aromatic heterocycles. The van der Waals surface area contributed by atoms with E-state index in [9.17, 15) is 0 Å². The van der Waals surface area contributed by atoms with Gasteiger partial charge in [0.2, 0.25) is 0 Å². The van der Waals surface area contributed by atoms with Crippen LogP contribution in [-0.2, 0) is 6.42 Å². The molecule has 0 bridgehead atoms. The second-order valence-electron chi connectivity index (χ2n) is 2.51. The molecule has 0 saturated heterocycles. The van der Waals surface area contributed by atoms with E-state index in [1.807, 2.05) is 25.1 Å². The van der Waals surface area contributed by atoms with E-state index < -0.39 is 0 Å². The van der Waals surface area contributed by atoms with Crippen molar-refractivity contribution in [1.29, 1.82) is 5.26 Å². The Morgan fingerprint density at radius 2 is 2.25 bits per heavy atom. The molecule has 0 unspecified atom stereocenters. The zero-order valence-electron chi connectivity index (χ0n) is 7.09. The third kappa shape index (κ3) is 1.54. The highest BCUT2D eigenvalue weighted by Crippen LogP contribution is 2.11. The minimum absolute atomic E-state index is 0.728. The number of nitriles is 1. The Kier molecular flexibility index (Phi) is 2.66. The number of aryl methyl sites for hydroxylation is 1. The van der Waals surface area contributed by atoms with E-state index in [2.05, 4.69) is 18.7 Å². The molecule has 0 spiro atoms. The molecule has 0 N–H and O–H groups in total. The van der Waals surface area contributed by atoms with Crippen molar-refractivity contribution >= 4 is 0 Å². The summed E-state index contributed by atoms with van der Waals surface area (Å²) in [5.74, 6) is 0. The van der Waals surface area contributed by atoms with Crippen LogP contribution < -0.4 is 0 Å². The summed E-state index contributed by atoms with van der Waals surface area (Å²) in [5.41, 5.74) is 2.69. The third-order valence-corrected chi connectivity index (χ3v) is 1.82. The summed E-state index contributed by atoms with van der Waals surface area (Å²) in [5, 5.41) is 8.77. The van der Waals surface area contributed by atoms with Crippen molar-refractivity contribution < 1.29 is 0 Å². The predicted octanol–water partition coefficient (Wildman–Crippen LogP) is 2.46. The Balaban J connectivity index is 3.21. The van der Waals surface area contributed by atoms with Gasteiger partial charge in [0.05, 0.1) is 11.6 Å². The lowest BCUT2D eigenvalue weighted by atomic mass is 10.0. The molecule has 0 atom stereocenters. The van der Waals surface area contributed by atoms with Gasteiger partial charge >= 0.3 is 0 Å². The highest BCUT2D eigenvalue weighted by atomic mass is 14.2. The molecule has 12 heavy (non-hydrogen) atoms. The van der Waals surface area contributed by atoms with Gasteiger partial charge in [0, 0.05) is 0 Å². The minimum Gasteiger partial charge on any atom is -0.192 e. The fourth-order valence-electron chi connectivity index (χ4n) is 1.10. The average Bonchev–Trinajstić information content (AvgIpc) is 2.16. The van der Waals surface area contributed by atoms with E-state index in [0.29, 0.717) is 0 Å². The molecule has 59 valence electrons. The highest BCUT2D eigenvalue weighted by Gasteiger charge is 1.99. The van der Waals surface area contributed by atoms with E-state index in [-0.39, 0.29) is 0 Å². The Labute approximate surface area is 73.0 Å². The first-order chi connectivity index (χ1) is 5.81. The van der Waals surface area contributed by atoms with Gasteiger partial charge in [-0.15, -0.1) is 0 Å². The lowest BCUT2D eigenvalue weighted by Crippen LogP contribution is -1.88. The van der Waals surface area contributed by atoms with Gasteiger partial charge in [-0.1, -0.05) is 25.6 Å². The van der Waals surface area contributed by atoms with E-state index in [1.165, 1.54) is 0 Å². The summed E-state index contributed by atoms with van der Waals surface area (Å²) in [7, 11) is 0. The van der Waals surface area contributed by atoms with Gasteiger partial charge in [-0.2, -0.15) is 5.26 Å². The SMILES string of the molecule is C=[C]c1ccc(CC)c(C#N)c1. The molecular weight excluding hydrogens is 146 g/mol. The first kappa shape index (κ1) is 8.55. The quantitative estimate of drug-likeness (QED) is 0.645. The summed E-state index contributed by atoms with van der Waals surface area (Å²) in [6.07, 6.45) is 3.64. The maximum absolute atomic E-state index is 8.77. The molecule has 1 aromatic carbocycles. The number of benzene rings is 1. The second-order valence-corrected chi connectivity index (χ2v) is 2.51. The van der Waals surface area contributed by atoms with Gasteiger partial charge in [0.15, 0.2) is 0 Å². The van der Waals surface area contributed by atoms with E-state index >= 15 is 0 Å². The molecule has 1 radical (unpaired) electrons. The van der Waals surface area contributed by atoms with Crippen LogP contribution in [0.25, 0.3) is 0 Å². The lowest BCUT2D eigenvalue weighted by molar-refractivity contribution is 1.12. The van der Waals surface area contributed by atoms with Crippen molar-refractivity contribution in [3.8, 4) is 6.07 Å². The predicted molar refractivity (Wildman–Crippen MR) is 48.5 cm³/mol. The summed E-state index contributed by atoms with van der Waals surface area (Å²) in [4.78, 5) is 0. The Bertz CT molecular complexity index is 331. The van der Waals surface area contributed by atoms with Crippen LogP contribution in [-0.4, -0.2) is 0 Å². The summed E-state index contributed by atoms with van der Waals surface area (Å²) in [6, 6.07) is 7.84. The minimum atomic E-state index is 0.728. The smallest absolute Gasteiger partial charge is 0.0994 e. The maximum atomic E-state index is 8.77. The van der Waals surface area contributed by atoms with Gasteiger partial charge < -0.3 is 0 Å². The van der Waals surface area contributed by atoms with E-state index in [1.54, 1.807) is 0 Å². The zero-order valence-corrected chi connectivity index (χ0v) is 7.09. The van der Waals surface area contributed by atoms with E-state index in [4.69, 9.17) is 5.26 Å². The molecule has 1 aromatic rings. The molecule has 0 aliphatic carbocycles. The van der Waals surface area contributed by atoms with Gasteiger partial charge in [-0.3, -0.25) is 0 Å². The third-order valence-electron chi connectivity index (χ3n) is 1.82. The zero-order chi connectivity index (χ0) is 8.97. The Morgan fingerprint density at radius 1 is 1.50 bits per heavy atom. The summed E-state index contributed by atoms with van der Waals surface area (Å²) < 4.78 is 0. The van der Waals surface area contributed by atoms with Crippen molar-refractivity contribution in [2.75, 3.05) is 0 Å². The van der Waals surface area contributed by atoms with Crippen LogP contribution in [0.15, 0.2) is 24.8 Å². The fourth-order valence-corrected chi connectivity index (χ4v) is 1.10. The van der Waals surface area contributed by atoms with Crippen LogP contribution in [0.4, 0.5) is 0 Å².